The Balaban J connectivity index is 1.53. The number of fused-ring (bicyclic) bond motifs is 2. The van der Waals surface area contributed by atoms with Crippen LogP contribution >= 0.6 is 45.2 Å². The number of halogens is 2. The zero-order valence-electron chi connectivity index (χ0n) is 40.2. The summed E-state index contributed by atoms with van der Waals surface area (Å²) in [4.78, 5) is 56.8. The molecule has 3 heterocycles. The second-order valence-corrected chi connectivity index (χ2v) is 33.5. The molecule has 0 spiro atoms. The Bertz CT molecular complexity index is 1790. The van der Waals surface area contributed by atoms with Crippen LogP contribution in [0.5, 0.6) is 5.75 Å². The van der Waals surface area contributed by atoms with Gasteiger partial charge in [-0.15, -0.1) is 0 Å². The van der Waals surface area contributed by atoms with Crippen molar-refractivity contribution in [3.8, 4) is 5.75 Å². The quantitative estimate of drug-likeness (QED) is 0.0450. The van der Waals surface area contributed by atoms with Gasteiger partial charge in [-0.3, -0.25) is 14.6 Å². The SMILES string of the molecule is CCC[CH2][Sn](/[CH]=C/[C@@H]1OC2(C)CC[C@@H](C(=O)N[C@H](C(=O)N[C@@H](Cc3cccc(O)c3)C(=O)N3CCC[C@@H](C(=O)O[C@@H](C/C=C/I)/C(C)=C/I)N3)C(C)C)[C@H](O2)[C@H]1C)([CH2]CCC)[CH2]CCC. The van der Waals surface area contributed by atoms with E-state index in [1.807, 2.05) is 41.9 Å². The van der Waals surface area contributed by atoms with Gasteiger partial charge in [0, 0.05) is 19.4 Å². The van der Waals surface area contributed by atoms with E-state index in [2.05, 4.69) is 99.1 Å². The minimum atomic E-state index is -2.63. The summed E-state index contributed by atoms with van der Waals surface area (Å²) in [6.45, 7) is 17.0. The monoisotopic (exact) mass is 1240 g/mol. The fourth-order valence-corrected chi connectivity index (χ4v) is 24.5. The summed E-state index contributed by atoms with van der Waals surface area (Å²) in [5.41, 5.74) is 4.65. The number of carbonyl (C=O) groups is 4. The van der Waals surface area contributed by atoms with E-state index in [1.165, 1.54) is 56.8 Å². The molecule has 1 aromatic rings. The summed E-state index contributed by atoms with van der Waals surface area (Å²) in [5.74, 6) is -3.30. The Morgan fingerprint density at radius 3 is 2.31 bits per heavy atom. The maximum absolute atomic E-state index is 14.5. The van der Waals surface area contributed by atoms with Crippen molar-refractivity contribution < 1.29 is 38.5 Å². The molecule has 4 N–H and O–H groups in total. The Kier molecular flexibility index (Phi) is 23.6. The Morgan fingerprint density at radius 2 is 1.71 bits per heavy atom. The summed E-state index contributed by atoms with van der Waals surface area (Å²) in [6, 6.07) is 3.77. The van der Waals surface area contributed by atoms with Crippen molar-refractivity contribution in [3.05, 3.63) is 59.8 Å². The second-order valence-electron chi connectivity index (χ2n) is 19.2. The van der Waals surface area contributed by atoms with Gasteiger partial charge in [-0.2, -0.15) is 0 Å². The number of phenolic OH excluding ortho intramolecular Hbond substituents is 1. The Morgan fingerprint density at radius 1 is 1.03 bits per heavy atom. The van der Waals surface area contributed by atoms with Gasteiger partial charge in [0.1, 0.15) is 17.9 Å². The molecule has 3 aliphatic heterocycles. The third-order valence-corrected chi connectivity index (χ3v) is 29.1. The van der Waals surface area contributed by atoms with E-state index in [1.54, 1.807) is 24.3 Å². The number of ether oxygens (including phenoxy) is 3. The van der Waals surface area contributed by atoms with Crippen LogP contribution in [0.25, 0.3) is 0 Å². The minimum absolute atomic E-state index is 0.0341. The number of rotatable bonds is 24. The average molecular weight is 1240 g/mol. The van der Waals surface area contributed by atoms with Crippen LogP contribution in [0, 0.1) is 17.8 Å². The number of aromatic hydroxyl groups is 1. The molecule has 15 heteroatoms. The van der Waals surface area contributed by atoms with Crippen molar-refractivity contribution >= 4 is 87.2 Å². The number of esters is 1. The van der Waals surface area contributed by atoms with Gasteiger partial charge >= 0.3 is 237 Å². The molecule has 1 unspecified atom stereocenters. The van der Waals surface area contributed by atoms with Crippen LogP contribution in [0.4, 0.5) is 0 Å². The normalized spacial score (nSPS) is 25.4. The Hall–Kier alpha value is -1.74. The molecule has 0 radical (unpaired) electrons. The summed E-state index contributed by atoms with van der Waals surface area (Å²) in [5, 5.41) is 17.8. The number of carbonyl (C=O) groups excluding carboxylic acids is 4. The van der Waals surface area contributed by atoms with Gasteiger partial charge in [0.2, 0.25) is 0 Å². The molecule has 12 nitrogen and oxygen atoms in total. The van der Waals surface area contributed by atoms with Crippen molar-refractivity contribution in [2.45, 2.75) is 188 Å². The molecule has 2 bridgehead atoms. The number of hydrogen-bond acceptors (Lipinski definition) is 9. The molecule has 4 rings (SSSR count). The number of hydrogen-bond donors (Lipinski definition) is 4. The van der Waals surface area contributed by atoms with Gasteiger partial charge in [-0.25, -0.2) is 5.43 Å². The van der Waals surface area contributed by atoms with Gasteiger partial charge in [-0.1, -0.05) is 63.4 Å². The van der Waals surface area contributed by atoms with Crippen molar-refractivity contribution in [3.63, 3.8) is 0 Å². The third kappa shape index (κ3) is 16.4. The van der Waals surface area contributed by atoms with Crippen LogP contribution < -0.4 is 16.1 Å². The maximum atomic E-state index is 14.5. The molecule has 0 aliphatic carbocycles. The first-order valence-corrected chi connectivity index (χ1v) is 34.5. The first kappa shape index (κ1) is 55.9. The standard InChI is InChI=1S/C38H51I2N4O8.3C4H9.Sn/c1-7-30-24(5)33-27(15-16-38(6,51-30)52-33)34(46)42-32(22(2)3)35(47)41-29(20-25-11-8-12-26(45)19-25)36(48)44-18-10-13-28(43-44)37(49)50-31(14-9-17-39)23(4)21-40;3*1-3-4-2;/h1,7-9,11-12,17,19,21-22,24,27-33,43,45H,10,13-16,18,20H2,2-6H3,(H,41,47)(H,42,46);3*1,3-4H2,2H3;/b7-1?,17-9+,23-21+;;;;/t24-,27+,28-,29-,30-,31-,32-,33+,38?;;;;/m0..../s1. The molecule has 3 aliphatic rings. The van der Waals surface area contributed by atoms with Crippen LogP contribution in [0.3, 0.4) is 0 Å². The van der Waals surface area contributed by atoms with Crippen LogP contribution in [-0.4, -0.2) is 101 Å². The van der Waals surface area contributed by atoms with Gasteiger partial charge < -0.3 is 9.84 Å². The summed E-state index contributed by atoms with van der Waals surface area (Å²) < 4.78 is 29.8. The Labute approximate surface area is 421 Å². The van der Waals surface area contributed by atoms with E-state index >= 15 is 0 Å². The zero-order valence-corrected chi connectivity index (χ0v) is 47.4. The first-order valence-electron chi connectivity index (χ1n) is 24.3. The number of nitrogens with one attached hydrogen (secondary N) is 3. The average Bonchev–Trinajstić information content (AvgIpc) is 3.29. The molecular formula is C50H78I2N4O8Sn. The molecule has 3 fully saturated rings. The number of unbranched alkanes of at least 4 members (excludes halogenated alkanes) is 3. The molecule has 364 valence electrons. The summed E-state index contributed by atoms with van der Waals surface area (Å²) in [6.07, 6.45) is 13.4. The van der Waals surface area contributed by atoms with Gasteiger partial charge in [0.15, 0.2) is 0 Å². The van der Waals surface area contributed by atoms with Crippen molar-refractivity contribution in [1.29, 1.82) is 0 Å². The predicted molar refractivity (Wildman–Crippen MR) is 278 cm³/mol. The number of phenols is 1. The van der Waals surface area contributed by atoms with Crippen LogP contribution in [0.1, 0.15) is 132 Å². The van der Waals surface area contributed by atoms with Crippen molar-refractivity contribution in [2.75, 3.05) is 6.54 Å². The van der Waals surface area contributed by atoms with Crippen molar-refractivity contribution in [1.82, 2.24) is 21.1 Å². The van der Waals surface area contributed by atoms with Gasteiger partial charge in [0.05, 0.1) is 0 Å². The first-order chi connectivity index (χ1) is 31.0. The molecule has 3 saturated heterocycles. The van der Waals surface area contributed by atoms with Crippen LogP contribution in [0.2, 0.25) is 13.3 Å². The van der Waals surface area contributed by atoms with Crippen LogP contribution in [0.15, 0.2) is 54.2 Å². The third-order valence-electron chi connectivity index (χ3n) is 13.5. The van der Waals surface area contributed by atoms with E-state index in [9.17, 15) is 24.3 Å². The topological polar surface area (TPSA) is 156 Å². The van der Waals surface area contributed by atoms with Crippen molar-refractivity contribution in [2.24, 2.45) is 17.8 Å². The summed E-state index contributed by atoms with van der Waals surface area (Å²) in [7, 11) is 0. The number of amides is 3. The van der Waals surface area contributed by atoms with Gasteiger partial charge in [-0.05, 0) is 51.2 Å². The fraction of sp³-hybridized carbons (Fsp3) is 0.680. The van der Waals surface area contributed by atoms with E-state index in [-0.39, 0.29) is 36.0 Å². The zero-order chi connectivity index (χ0) is 47.7. The summed E-state index contributed by atoms with van der Waals surface area (Å²) >= 11 is 1.65. The molecule has 0 saturated carbocycles. The fourth-order valence-electron chi connectivity index (χ4n) is 9.43. The number of benzene rings is 1. The van der Waals surface area contributed by atoms with Crippen LogP contribution in [-0.2, 0) is 39.8 Å². The molecule has 0 aromatic heterocycles. The molecular weight excluding hydrogens is 1160 g/mol. The molecule has 1 aromatic carbocycles. The van der Waals surface area contributed by atoms with Gasteiger partial charge in [0.25, 0.3) is 5.91 Å². The second kappa shape index (κ2) is 27.4. The van der Waals surface area contributed by atoms with E-state index < -0.39 is 78.2 Å². The predicted octanol–water partition coefficient (Wildman–Crippen LogP) is 10.1. The molecule has 3 amide bonds. The number of hydrazine groups is 1. The molecule has 65 heavy (non-hydrogen) atoms. The number of nitrogens with zero attached hydrogens (tertiary/aromatic N) is 1. The van der Waals surface area contributed by atoms with E-state index in [4.69, 9.17) is 14.2 Å². The van der Waals surface area contributed by atoms with E-state index in [0.29, 0.717) is 44.2 Å². The molecule has 9 atom stereocenters. The van der Waals surface area contributed by atoms with E-state index in [0.717, 1.165) is 5.57 Å².